The standard InChI is InChI=1S/C17H16F2N2O5S/c1-11-5-7-12(8-6-11)27(24,25)20-9-16(23)26-10-15(22)21-17-13(18)3-2-4-14(17)19/h2-8,20H,9-10H2,1H3,(H,21,22). The number of rotatable bonds is 7. The van der Waals surface area contributed by atoms with E-state index in [1.807, 2.05) is 10.0 Å². The van der Waals surface area contributed by atoms with E-state index in [4.69, 9.17) is 0 Å². The van der Waals surface area contributed by atoms with E-state index < -0.39 is 52.4 Å². The van der Waals surface area contributed by atoms with E-state index in [9.17, 15) is 26.8 Å². The first-order valence-electron chi connectivity index (χ1n) is 7.65. The molecule has 2 N–H and O–H groups in total. The number of esters is 1. The lowest BCUT2D eigenvalue weighted by molar-refractivity contribution is -0.146. The molecule has 10 heteroatoms. The minimum absolute atomic E-state index is 0.0336. The van der Waals surface area contributed by atoms with E-state index in [0.29, 0.717) is 0 Å². The average Bonchev–Trinajstić information content (AvgIpc) is 2.62. The molecule has 144 valence electrons. The number of anilines is 1. The highest BCUT2D eigenvalue weighted by atomic mass is 32.2. The van der Waals surface area contributed by atoms with Crippen LogP contribution in [0.1, 0.15) is 5.56 Å². The third-order valence-corrected chi connectivity index (χ3v) is 4.75. The van der Waals surface area contributed by atoms with Gasteiger partial charge in [0.25, 0.3) is 5.91 Å². The van der Waals surface area contributed by atoms with Crippen LogP contribution in [-0.2, 0) is 24.3 Å². The number of hydrogen-bond donors (Lipinski definition) is 2. The molecule has 0 atom stereocenters. The highest BCUT2D eigenvalue weighted by Gasteiger charge is 2.17. The van der Waals surface area contributed by atoms with Crippen molar-refractivity contribution in [3.05, 3.63) is 59.7 Å². The van der Waals surface area contributed by atoms with Gasteiger partial charge < -0.3 is 10.1 Å². The maximum atomic E-state index is 13.4. The summed E-state index contributed by atoms with van der Waals surface area (Å²) in [4.78, 5) is 23.2. The van der Waals surface area contributed by atoms with Crippen molar-refractivity contribution in [2.24, 2.45) is 0 Å². The Labute approximate surface area is 154 Å². The second-order valence-electron chi connectivity index (χ2n) is 5.44. The van der Waals surface area contributed by atoms with Gasteiger partial charge in [-0.2, -0.15) is 4.72 Å². The van der Waals surface area contributed by atoms with Crippen LogP contribution >= 0.6 is 0 Å². The smallest absolute Gasteiger partial charge is 0.321 e. The monoisotopic (exact) mass is 398 g/mol. The zero-order chi connectivity index (χ0) is 20.0. The number of carbonyl (C=O) groups is 2. The largest absolute Gasteiger partial charge is 0.455 e. The van der Waals surface area contributed by atoms with Gasteiger partial charge in [0.1, 0.15) is 23.9 Å². The molecule has 1 amide bonds. The maximum absolute atomic E-state index is 13.4. The molecule has 0 aromatic heterocycles. The zero-order valence-electron chi connectivity index (χ0n) is 14.2. The van der Waals surface area contributed by atoms with Crippen molar-refractivity contribution in [1.29, 1.82) is 0 Å². The molecular weight excluding hydrogens is 382 g/mol. The molecule has 0 spiro atoms. The molecule has 0 aliphatic rings. The highest BCUT2D eigenvalue weighted by Crippen LogP contribution is 2.17. The summed E-state index contributed by atoms with van der Waals surface area (Å²) in [5.74, 6) is -3.98. The fourth-order valence-corrected chi connectivity index (χ4v) is 2.91. The molecule has 0 saturated heterocycles. The lowest BCUT2D eigenvalue weighted by Crippen LogP contribution is -2.32. The third kappa shape index (κ3) is 5.83. The van der Waals surface area contributed by atoms with Gasteiger partial charge in [-0.05, 0) is 31.2 Å². The molecule has 2 aromatic carbocycles. The molecule has 0 bridgehead atoms. The number of para-hydroxylation sites is 1. The molecule has 0 heterocycles. The van der Waals surface area contributed by atoms with Gasteiger partial charge in [0, 0.05) is 0 Å². The van der Waals surface area contributed by atoms with Crippen LogP contribution in [0.4, 0.5) is 14.5 Å². The summed E-state index contributed by atoms with van der Waals surface area (Å²) >= 11 is 0. The maximum Gasteiger partial charge on any atom is 0.321 e. The molecule has 0 unspecified atom stereocenters. The van der Waals surface area contributed by atoms with Gasteiger partial charge >= 0.3 is 5.97 Å². The topological polar surface area (TPSA) is 102 Å². The van der Waals surface area contributed by atoms with Crippen LogP contribution in [-0.4, -0.2) is 33.4 Å². The SMILES string of the molecule is Cc1ccc(S(=O)(=O)NCC(=O)OCC(=O)Nc2c(F)cccc2F)cc1. The van der Waals surface area contributed by atoms with E-state index in [1.165, 1.54) is 12.1 Å². The van der Waals surface area contributed by atoms with Crippen molar-refractivity contribution in [3.8, 4) is 0 Å². The van der Waals surface area contributed by atoms with Crippen LogP contribution in [0, 0.1) is 18.6 Å². The Balaban J connectivity index is 1.84. The van der Waals surface area contributed by atoms with Crippen LogP contribution < -0.4 is 10.0 Å². The summed E-state index contributed by atoms with van der Waals surface area (Å²) < 4.78 is 57.5. The number of nitrogens with one attached hydrogen (secondary N) is 2. The van der Waals surface area contributed by atoms with Crippen LogP contribution in [0.15, 0.2) is 47.4 Å². The van der Waals surface area contributed by atoms with Crippen molar-refractivity contribution in [2.45, 2.75) is 11.8 Å². The normalized spacial score (nSPS) is 11.1. The molecular formula is C17H16F2N2O5S. The second kappa shape index (κ2) is 8.69. The number of halogens is 2. The Bertz CT molecular complexity index is 926. The average molecular weight is 398 g/mol. The molecule has 0 aliphatic heterocycles. The Kier molecular flexibility index (Phi) is 6.59. The molecule has 27 heavy (non-hydrogen) atoms. The van der Waals surface area contributed by atoms with Crippen molar-refractivity contribution >= 4 is 27.6 Å². The van der Waals surface area contributed by atoms with Gasteiger partial charge in [0.2, 0.25) is 10.0 Å². The van der Waals surface area contributed by atoms with Crippen molar-refractivity contribution in [2.75, 3.05) is 18.5 Å². The van der Waals surface area contributed by atoms with Crippen molar-refractivity contribution < 1.29 is 31.5 Å². The van der Waals surface area contributed by atoms with E-state index in [0.717, 1.165) is 23.8 Å². The lowest BCUT2D eigenvalue weighted by Gasteiger charge is -2.09. The predicted octanol–water partition coefficient (Wildman–Crippen LogP) is 1.73. The molecule has 0 aliphatic carbocycles. The highest BCUT2D eigenvalue weighted by molar-refractivity contribution is 7.89. The molecule has 0 saturated carbocycles. The molecule has 0 radical (unpaired) electrons. The number of ether oxygens (including phenoxy) is 1. The Morgan fingerprint density at radius 2 is 1.63 bits per heavy atom. The zero-order valence-corrected chi connectivity index (χ0v) is 15.0. The fraction of sp³-hybridized carbons (Fsp3) is 0.176. The summed E-state index contributed by atoms with van der Waals surface area (Å²) in [5, 5.41) is 1.93. The summed E-state index contributed by atoms with van der Waals surface area (Å²) in [6.45, 7) is 0.246. The fourth-order valence-electron chi connectivity index (χ4n) is 1.94. The summed E-state index contributed by atoms with van der Waals surface area (Å²) in [5.41, 5.74) is 0.198. The Hall–Kier alpha value is -2.85. The molecule has 2 rings (SSSR count). The van der Waals surface area contributed by atoms with Gasteiger partial charge in [-0.1, -0.05) is 23.8 Å². The number of amides is 1. The lowest BCUT2D eigenvalue weighted by atomic mass is 10.2. The van der Waals surface area contributed by atoms with Crippen molar-refractivity contribution in [3.63, 3.8) is 0 Å². The van der Waals surface area contributed by atoms with Crippen LogP contribution in [0.5, 0.6) is 0 Å². The number of benzene rings is 2. The molecule has 2 aromatic rings. The van der Waals surface area contributed by atoms with E-state index in [-0.39, 0.29) is 4.90 Å². The summed E-state index contributed by atoms with van der Waals surface area (Å²) in [6.07, 6.45) is 0. The number of carbonyl (C=O) groups excluding carboxylic acids is 2. The van der Waals surface area contributed by atoms with Crippen molar-refractivity contribution in [1.82, 2.24) is 4.72 Å². The van der Waals surface area contributed by atoms with Crippen LogP contribution in [0.3, 0.4) is 0 Å². The Morgan fingerprint density at radius 3 is 2.22 bits per heavy atom. The molecule has 0 fully saturated rings. The second-order valence-corrected chi connectivity index (χ2v) is 7.21. The quantitative estimate of drug-likeness (QED) is 0.692. The minimum Gasteiger partial charge on any atom is -0.455 e. The van der Waals surface area contributed by atoms with Crippen LogP contribution in [0.2, 0.25) is 0 Å². The van der Waals surface area contributed by atoms with Gasteiger partial charge in [-0.25, -0.2) is 17.2 Å². The van der Waals surface area contributed by atoms with Gasteiger partial charge in [0.05, 0.1) is 4.90 Å². The van der Waals surface area contributed by atoms with E-state index in [2.05, 4.69) is 4.74 Å². The van der Waals surface area contributed by atoms with Gasteiger partial charge in [-0.3, -0.25) is 9.59 Å². The first kappa shape index (κ1) is 20.5. The number of sulfonamides is 1. The minimum atomic E-state index is -3.92. The van der Waals surface area contributed by atoms with E-state index >= 15 is 0 Å². The van der Waals surface area contributed by atoms with Crippen LogP contribution in [0.25, 0.3) is 0 Å². The number of aryl methyl sites for hydroxylation is 1. The van der Waals surface area contributed by atoms with Gasteiger partial charge in [-0.15, -0.1) is 0 Å². The first-order chi connectivity index (χ1) is 12.7. The van der Waals surface area contributed by atoms with Gasteiger partial charge in [0.15, 0.2) is 6.61 Å². The predicted molar refractivity (Wildman–Crippen MR) is 92.3 cm³/mol. The summed E-state index contributed by atoms with van der Waals surface area (Å²) in [7, 11) is -3.92. The van der Waals surface area contributed by atoms with E-state index in [1.54, 1.807) is 19.1 Å². The Morgan fingerprint density at radius 1 is 1.04 bits per heavy atom. The summed E-state index contributed by atoms with van der Waals surface area (Å²) in [6, 6.07) is 8.96. The number of hydrogen-bond acceptors (Lipinski definition) is 5. The molecule has 7 nitrogen and oxygen atoms in total. The first-order valence-corrected chi connectivity index (χ1v) is 9.13. The third-order valence-electron chi connectivity index (χ3n) is 3.33.